The van der Waals surface area contributed by atoms with Crippen molar-refractivity contribution >= 4 is 17.9 Å². The highest BCUT2D eigenvalue weighted by atomic mass is 16.6. The van der Waals surface area contributed by atoms with Gasteiger partial charge in [0.2, 0.25) is 0 Å². The van der Waals surface area contributed by atoms with Crippen LogP contribution in [0.25, 0.3) is 0 Å². The van der Waals surface area contributed by atoms with E-state index >= 15 is 0 Å². The lowest BCUT2D eigenvalue weighted by Gasteiger charge is -2.18. The van der Waals surface area contributed by atoms with Gasteiger partial charge in [0.15, 0.2) is 6.10 Å². The maximum absolute atomic E-state index is 12.8. The third-order valence-corrected chi connectivity index (χ3v) is 13.3. The Balaban J connectivity index is 4.22. The molecule has 0 saturated heterocycles. The van der Waals surface area contributed by atoms with Crippen LogP contribution in [-0.4, -0.2) is 37.2 Å². The normalized spacial score (nSPS) is 12.0. The Kier molecular flexibility index (Phi) is 53.2. The third kappa shape index (κ3) is 53.0. The van der Waals surface area contributed by atoms with Crippen molar-refractivity contribution in [1.29, 1.82) is 0 Å². The zero-order valence-corrected chi connectivity index (χ0v) is 44.0. The van der Waals surface area contributed by atoms with E-state index in [0.29, 0.717) is 19.3 Å². The molecule has 0 amide bonds. The Hall–Kier alpha value is -1.85. The lowest BCUT2D eigenvalue weighted by molar-refractivity contribution is -0.167. The summed E-state index contributed by atoms with van der Waals surface area (Å²) in [7, 11) is 0. The van der Waals surface area contributed by atoms with Crippen molar-refractivity contribution in [3.8, 4) is 0 Å². The van der Waals surface area contributed by atoms with E-state index in [1.807, 2.05) is 0 Å². The highest BCUT2D eigenvalue weighted by Crippen LogP contribution is 2.18. The highest BCUT2D eigenvalue weighted by Gasteiger charge is 2.19. The second kappa shape index (κ2) is 54.8. The van der Waals surface area contributed by atoms with Gasteiger partial charge in [-0.25, -0.2) is 0 Å². The maximum Gasteiger partial charge on any atom is 0.306 e. The van der Waals surface area contributed by atoms with Crippen molar-refractivity contribution in [2.75, 3.05) is 13.2 Å². The first-order valence-electron chi connectivity index (χ1n) is 29.2. The van der Waals surface area contributed by atoms with E-state index in [2.05, 4.69) is 32.9 Å². The van der Waals surface area contributed by atoms with Crippen molar-refractivity contribution in [2.24, 2.45) is 0 Å². The predicted molar refractivity (Wildman–Crippen MR) is 280 cm³/mol. The van der Waals surface area contributed by atoms with E-state index < -0.39 is 6.10 Å². The van der Waals surface area contributed by atoms with Crippen molar-refractivity contribution in [3.63, 3.8) is 0 Å². The Bertz CT molecular complexity index is 1010. The zero-order chi connectivity index (χ0) is 47.2. The quantitative estimate of drug-likeness (QED) is 0.0262. The molecule has 0 aliphatic carbocycles. The summed E-state index contributed by atoms with van der Waals surface area (Å²) < 4.78 is 16.9. The minimum atomic E-state index is -0.767. The molecule has 384 valence electrons. The molecule has 0 aromatic carbocycles. The molecular formula is C59H112O6. The Morgan fingerprint density at radius 2 is 0.538 bits per heavy atom. The van der Waals surface area contributed by atoms with Gasteiger partial charge in [0.25, 0.3) is 0 Å². The molecule has 0 spiro atoms. The number of rotatable bonds is 54. The minimum Gasteiger partial charge on any atom is -0.462 e. The number of carbonyl (C=O) groups excluding carboxylic acids is 3. The molecule has 1 atom stereocenters. The molecule has 0 saturated carbocycles. The van der Waals surface area contributed by atoms with Crippen LogP contribution in [0.4, 0.5) is 0 Å². The first-order chi connectivity index (χ1) is 32.0. The van der Waals surface area contributed by atoms with Crippen LogP contribution in [0.15, 0.2) is 12.2 Å². The molecule has 0 bridgehead atoms. The molecule has 0 aromatic rings. The summed E-state index contributed by atoms with van der Waals surface area (Å²) in [5, 5.41) is 0. The van der Waals surface area contributed by atoms with Gasteiger partial charge in [0.1, 0.15) is 13.2 Å². The van der Waals surface area contributed by atoms with Gasteiger partial charge >= 0.3 is 17.9 Å². The number of hydrogen-bond donors (Lipinski definition) is 0. The lowest BCUT2D eigenvalue weighted by Crippen LogP contribution is -2.30. The average molecular weight is 918 g/mol. The molecule has 0 heterocycles. The molecular weight excluding hydrogens is 805 g/mol. The molecule has 6 heteroatoms. The van der Waals surface area contributed by atoms with Gasteiger partial charge < -0.3 is 14.2 Å². The standard InChI is InChI=1S/C59H112O6/c1-4-7-10-13-16-19-22-24-26-28-29-30-32-33-35-37-40-43-46-49-52-58(61)64-55-56(54-63-57(60)51-48-45-42-39-21-18-15-12-9-6-3)65-59(62)53-50-47-44-41-38-36-34-31-27-25-23-20-17-14-11-8-5-2/h12,15,56H,4-11,13-14,16-55H2,1-3H3/b15-12-. The first-order valence-corrected chi connectivity index (χ1v) is 29.2. The van der Waals surface area contributed by atoms with Gasteiger partial charge in [-0.3, -0.25) is 14.4 Å². The second-order valence-corrected chi connectivity index (χ2v) is 19.9. The monoisotopic (exact) mass is 917 g/mol. The molecule has 0 rings (SSSR count). The Morgan fingerprint density at radius 1 is 0.292 bits per heavy atom. The molecule has 65 heavy (non-hydrogen) atoms. The van der Waals surface area contributed by atoms with Gasteiger partial charge in [-0.1, -0.05) is 283 Å². The van der Waals surface area contributed by atoms with Gasteiger partial charge in [-0.2, -0.15) is 0 Å². The SMILES string of the molecule is CCC/C=C\CCCCCCCC(=O)OCC(COC(=O)CCCCCCCCCCCCCCCCCCCCCC)OC(=O)CCCCCCCCCCCCCCCCCCC. The number of esters is 3. The van der Waals surface area contributed by atoms with Gasteiger partial charge in [-0.05, 0) is 38.5 Å². The summed E-state index contributed by atoms with van der Waals surface area (Å²) in [5.74, 6) is -0.854. The van der Waals surface area contributed by atoms with Gasteiger partial charge in [0, 0.05) is 19.3 Å². The summed E-state index contributed by atoms with van der Waals surface area (Å²) in [4.78, 5) is 38.1. The number of unbranched alkanes of at least 4 members (excludes halogenated alkanes) is 41. The number of allylic oxidation sites excluding steroid dienone is 2. The van der Waals surface area contributed by atoms with Crippen LogP contribution < -0.4 is 0 Å². The van der Waals surface area contributed by atoms with Crippen LogP contribution in [0.2, 0.25) is 0 Å². The smallest absolute Gasteiger partial charge is 0.306 e. The van der Waals surface area contributed by atoms with Crippen LogP contribution in [0, 0.1) is 0 Å². The van der Waals surface area contributed by atoms with Crippen molar-refractivity contribution < 1.29 is 28.6 Å². The van der Waals surface area contributed by atoms with Crippen LogP contribution in [-0.2, 0) is 28.6 Å². The molecule has 0 aromatic heterocycles. The van der Waals surface area contributed by atoms with E-state index in [1.54, 1.807) is 0 Å². The molecule has 0 aliphatic rings. The van der Waals surface area contributed by atoms with E-state index in [-0.39, 0.29) is 31.1 Å². The molecule has 0 radical (unpaired) electrons. The fourth-order valence-electron chi connectivity index (χ4n) is 8.86. The fourth-order valence-corrected chi connectivity index (χ4v) is 8.86. The molecule has 0 fully saturated rings. The van der Waals surface area contributed by atoms with E-state index in [0.717, 1.165) is 70.6 Å². The number of hydrogen-bond acceptors (Lipinski definition) is 6. The topological polar surface area (TPSA) is 78.9 Å². The summed E-state index contributed by atoms with van der Waals surface area (Å²) >= 11 is 0. The average Bonchev–Trinajstić information content (AvgIpc) is 3.30. The van der Waals surface area contributed by atoms with Crippen molar-refractivity contribution in [2.45, 2.75) is 335 Å². The highest BCUT2D eigenvalue weighted by molar-refractivity contribution is 5.71. The van der Waals surface area contributed by atoms with Crippen LogP contribution in [0.1, 0.15) is 329 Å². The second-order valence-electron chi connectivity index (χ2n) is 19.9. The summed E-state index contributed by atoms with van der Waals surface area (Å²) in [6.07, 6.45) is 62.1. The third-order valence-electron chi connectivity index (χ3n) is 13.3. The van der Waals surface area contributed by atoms with E-state index in [4.69, 9.17) is 14.2 Å². The van der Waals surface area contributed by atoms with Crippen LogP contribution in [0.3, 0.4) is 0 Å². The Labute approximate surface area is 405 Å². The van der Waals surface area contributed by atoms with Crippen molar-refractivity contribution in [1.82, 2.24) is 0 Å². The molecule has 1 unspecified atom stereocenters. The predicted octanol–water partition coefficient (Wildman–Crippen LogP) is 19.3. The summed E-state index contributed by atoms with van der Waals surface area (Å²) in [6, 6.07) is 0. The van der Waals surface area contributed by atoms with E-state index in [1.165, 1.54) is 218 Å². The first kappa shape index (κ1) is 63.1. The molecule has 6 nitrogen and oxygen atoms in total. The number of ether oxygens (including phenoxy) is 3. The molecule has 0 aliphatic heterocycles. The van der Waals surface area contributed by atoms with Crippen molar-refractivity contribution in [3.05, 3.63) is 12.2 Å². The summed E-state index contributed by atoms with van der Waals surface area (Å²) in [6.45, 7) is 6.63. The lowest BCUT2D eigenvalue weighted by atomic mass is 10.0. The van der Waals surface area contributed by atoms with Gasteiger partial charge in [0.05, 0.1) is 0 Å². The minimum absolute atomic E-state index is 0.0667. The largest absolute Gasteiger partial charge is 0.462 e. The van der Waals surface area contributed by atoms with Crippen LogP contribution >= 0.6 is 0 Å². The fraction of sp³-hybridized carbons (Fsp3) is 0.915. The van der Waals surface area contributed by atoms with E-state index in [9.17, 15) is 14.4 Å². The Morgan fingerprint density at radius 3 is 0.831 bits per heavy atom. The zero-order valence-electron chi connectivity index (χ0n) is 44.0. The molecule has 0 N–H and O–H groups in total. The number of carbonyl (C=O) groups is 3. The van der Waals surface area contributed by atoms with Crippen LogP contribution in [0.5, 0.6) is 0 Å². The summed E-state index contributed by atoms with van der Waals surface area (Å²) in [5.41, 5.74) is 0. The van der Waals surface area contributed by atoms with Gasteiger partial charge in [-0.15, -0.1) is 0 Å². The maximum atomic E-state index is 12.8.